The predicted octanol–water partition coefficient (Wildman–Crippen LogP) is 2.66. The van der Waals surface area contributed by atoms with E-state index in [1.54, 1.807) is 0 Å². The van der Waals surface area contributed by atoms with Gasteiger partial charge in [-0.2, -0.15) is 0 Å². The van der Waals surface area contributed by atoms with Gasteiger partial charge in [-0.05, 0) is 51.2 Å². The Bertz CT molecular complexity index is 114. The maximum atomic E-state index is 8.29. The van der Waals surface area contributed by atoms with E-state index in [0.717, 1.165) is 12.3 Å². The molecule has 0 aromatic heterocycles. The molecule has 3 aliphatic heterocycles. The van der Waals surface area contributed by atoms with Crippen LogP contribution in [0, 0.1) is 5.92 Å². The van der Waals surface area contributed by atoms with Gasteiger partial charge in [0.05, 0.1) is 0 Å². The van der Waals surface area contributed by atoms with Gasteiger partial charge in [-0.25, -0.2) is 0 Å². The van der Waals surface area contributed by atoms with Gasteiger partial charge in [0.1, 0.15) is 0 Å². The first-order chi connectivity index (χ1) is 7.36. The Morgan fingerprint density at radius 3 is 1.87 bits per heavy atom. The van der Waals surface area contributed by atoms with Crippen molar-refractivity contribution in [2.75, 3.05) is 26.2 Å². The van der Waals surface area contributed by atoms with E-state index >= 15 is 0 Å². The molecule has 2 bridgehead atoms. The summed E-state index contributed by atoms with van der Waals surface area (Å²) in [5.41, 5.74) is 0. The Morgan fingerprint density at radius 1 is 1.00 bits per heavy atom. The highest BCUT2D eigenvalue weighted by Crippen LogP contribution is 2.26. The molecule has 15 heavy (non-hydrogen) atoms. The molecular weight excluding hydrogens is 186 g/mol. The van der Waals surface area contributed by atoms with Crippen molar-refractivity contribution >= 4 is 0 Å². The average molecular weight is 213 g/mol. The van der Waals surface area contributed by atoms with Gasteiger partial charge < -0.3 is 10.0 Å². The summed E-state index contributed by atoms with van der Waals surface area (Å²) in [6.45, 7) is 6.71. The van der Waals surface area contributed by atoms with Crippen LogP contribution in [0.15, 0.2) is 0 Å². The SMILES string of the molecule is C1CN2CCC1CC2.CCCCCCO. The van der Waals surface area contributed by atoms with Crippen LogP contribution in [0.3, 0.4) is 0 Å². The molecule has 0 spiro atoms. The van der Waals surface area contributed by atoms with E-state index in [1.165, 1.54) is 58.2 Å². The van der Waals surface area contributed by atoms with E-state index in [9.17, 15) is 0 Å². The number of rotatable bonds is 4. The van der Waals surface area contributed by atoms with E-state index in [-0.39, 0.29) is 0 Å². The number of fused-ring (bicyclic) bond motifs is 3. The molecule has 0 saturated carbocycles. The lowest BCUT2D eigenvalue weighted by atomic mass is 9.89. The van der Waals surface area contributed by atoms with Crippen molar-refractivity contribution in [1.29, 1.82) is 0 Å². The lowest BCUT2D eigenvalue weighted by Gasteiger charge is -2.38. The number of aliphatic hydroxyl groups is 1. The van der Waals surface area contributed by atoms with Gasteiger partial charge in [-0.15, -0.1) is 0 Å². The fourth-order valence-electron chi connectivity index (χ4n) is 2.40. The highest BCUT2D eigenvalue weighted by Gasteiger charge is 2.24. The highest BCUT2D eigenvalue weighted by atomic mass is 16.2. The van der Waals surface area contributed by atoms with E-state index in [4.69, 9.17) is 5.11 Å². The molecule has 3 heterocycles. The number of hydrogen-bond acceptors (Lipinski definition) is 2. The molecule has 90 valence electrons. The van der Waals surface area contributed by atoms with Crippen LogP contribution < -0.4 is 0 Å². The number of aliphatic hydroxyl groups excluding tert-OH is 1. The second kappa shape index (κ2) is 8.12. The molecule has 3 rings (SSSR count). The van der Waals surface area contributed by atoms with Gasteiger partial charge in [-0.3, -0.25) is 0 Å². The molecule has 0 radical (unpaired) electrons. The predicted molar refractivity (Wildman–Crippen MR) is 65.0 cm³/mol. The standard InChI is InChI=1S/C7H13N.C6H14O/c1-4-8-5-2-7(1)3-6-8;1-2-3-4-5-6-7/h7H,1-6H2;7H,2-6H2,1H3. The van der Waals surface area contributed by atoms with Crippen LogP contribution in [-0.2, 0) is 0 Å². The van der Waals surface area contributed by atoms with Gasteiger partial charge in [0.25, 0.3) is 0 Å². The minimum atomic E-state index is 0.361. The van der Waals surface area contributed by atoms with Crippen molar-refractivity contribution in [3.63, 3.8) is 0 Å². The topological polar surface area (TPSA) is 23.5 Å². The summed E-state index contributed by atoms with van der Waals surface area (Å²) in [6.07, 6.45) is 9.14. The van der Waals surface area contributed by atoms with Crippen LogP contribution in [0.1, 0.15) is 51.9 Å². The minimum absolute atomic E-state index is 0.361. The molecule has 0 amide bonds. The summed E-state index contributed by atoms with van der Waals surface area (Å²) in [5, 5.41) is 8.29. The van der Waals surface area contributed by atoms with Gasteiger partial charge in [0.15, 0.2) is 0 Å². The summed E-state index contributed by atoms with van der Waals surface area (Å²) in [6, 6.07) is 0. The van der Waals surface area contributed by atoms with Crippen LogP contribution in [0.5, 0.6) is 0 Å². The minimum Gasteiger partial charge on any atom is -0.396 e. The summed E-state index contributed by atoms with van der Waals surface area (Å²) in [7, 11) is 0. The zero-order valence-electron chi connectivity index (χ0n) is 10.2. The van der Waals surface area contributed by atoms with Crippen molar-refractivity contribution in [3.8, 4) is 0 Å². The van der Waals surface area contributed by atoms with E-state index < -0.39 is 0 Å². The van der Waals surface area contributed by atoms with Crippen molar-refractivity contribution < 1.29 is 5.11 Å². The first-order valence-corrected chi connectivity index (χ1v) is 6.70. The van der Waals surface area contributed by atoms with Gasteiger partial charge in [-0.1, -0.05) is 26.2 Å². The number of hydrogen-bond donors (Lipinski definition) is 1. The first-order valence-electron chi connectivity index (χ1n) is 6.70. The lowest BCUT2D eigenvalue weighted by Crippen LogP contribution is -2.41. The van der Waals surface area contributed by atoms with Gasteiger partial charge in [0.2, 0.25) is 0 Å². The smallest absolute Gasteiger partial charge is 0.0431 e. The van der Waals surface area contributed by atoms with E-state index in [0.29, 0.717) is 6.61 Å². The second-order valence-electron chi connectivity index (χ2n) is 4.86. The summed E-state index contributed by atoms with van der Waals surface area (Å²) >= 11 is 0. The first kappa shape index (κ1) is 13.0. The highest BCUT2D eigenvalue weighted by molar-refractivity contribution is 4.78. The molecule has 0 aromatic carbocycles. The maximum Gasteiger partial charge on any atom is 0.0431 e. The molecule has 0 unspecified atom stereocenters. The van der Waals surface area contributed by atoms with E-state index in [1.807, 2.05) is 0 Å². The van der Waals surface area contributed by atoms with Crippen LogP contribution in [-0.4, -0.2) is 36.2 Å². The number of piperidine rings is 3. The Morgan fingerprint density at radius 2 is 1.60 bits per heavy atom. The summed E-state index contributed by atoms with van der Waals surface area (Å²) in [5.74, 6) is 1.11. The van der Waals surface area contributed by atoms with Crippen molar-refractivity contribution in [2.24, 2.45) is 5.92 Å². The van der Waals surface area contributed by atoms with Crippen LogP contribution in [0.25, 0.3) is 0 Å². The van der Waals surface area contributed by atoms with Crippen LogP contribution in [0.4, 0.5) is 0 Å². The van der Waals surface area contributed by atoms with Crippen molar-refractivity contribution in [2.45, 2.75) is 51.9 Å². The zero-order chi connectivity index (χ0) is 10.9. The van der Waals surface area contributed by atoms with Gasteiger partial charge >= 0.3 is 0 Å². The molecule has 0 aromatic rings. The summed E-state index contributed by atoms with van der Waals surface area (Å²) in [4.78, 5) is 2.58. The Labute approximate surface area is 94.7 Å². The lowest BCUT2D eigenvalue weighted by molar-refractivity contribution is 0.111. The largest absolute Gasteiger partial charge is 0.396 e. The average Bonchev–Trinajstić information content (AvgIpc) is 2.33. The molecule has 3 aliphatic rings. The molecule has 3 saturated heterocycles. The zero-order valence-corrected chi connectivity index (χ0v) is 10.2. The summed E-state index contributed by atoms with van der Waals surface area (Å²) < 4.78 is 0. The third-order valence-corrected chi connectivity index (χ3v) is 3.57. The van der Waals surface area contributed by atoms with E-state index in [2.05, 4.69) is 11.8 Å². The third-order valence-electron chi connectivity index (χ3n) is 3.57. The monoisotopic (exact) mass is 213 g/mol. The second-order valence-corrected chi connectivity index (χ2v) is 4.86. The Hall–Kier alpha value is -0.0800. The number of unbranched alkanes of at least 4 members (excludes halogenated alkanes) is 3. The molecular formula is C13H27NO. The molecule has 3 fully saturated rings. The quantitative estimate of drug-likeness (QED) is 0.726. The van der Waals surface area contributed by atoms with Crippen molar-refractivity contribution in [1.82, 2.24) is 4.90 Å². The Kier molecular flexibility index (Phi) is 7.03. The molecule has 0 atom stereocenters. The molecule has 2 nitrogen and oxygen atoms in total. The number of nitrogens with zero attached hydrogens (tertiary/aromatic N) is 1. The molecule has 2 heteroatoms. The van der Waals surface area contributed by atoms with Crippen LogP contribution >= 0.6 is 0 Å². The van der Waals surface area contributed by atoms with Gasteiger partial charge in [0, 0.05) is 6.61 Å². The normalized spacial score (nSPS) is 28.4. The Balaban J connectivity index is 0.000000153. The van der Waals surface area contributed by atoms with Crippen molar-refractivity contribution in [3.05, 3.63) is 0 Å². The third kappa shape index (κ3) is 5.53. The molecule has 0 aliphatic carbocycles. The molecule has 1 N–H and O–H groups in total. The van der Waals surface area contributed by atoms with Crippen LogP contribution in [0.2, 0.25) is 0 Å². The fourth-order valence-corrected chi connectivity index (χ4v) is 2.40. The fraction of sp³-hybridized carbons (Fsp3) is 1.00. The maximum absolute atomic E-state index is 8.29.